The van der Waals surface area contributed by atoms with Crippen LogP contribution < -0.4 is 4.72 Å². The molecule has 0 bridgehead atoms. The Balaban J connectivity index is 1.58. The first kappa shape index (κ1) is 17.2. The summed E-state index contributed by atoms with van der Waals surface area (Å²) in [5.74, 6) is 1.44. The van der Waals surface area contributed by atoms with E-state index in [1.54, 1.807) is 11.4 Å². The molecule has 0 radical (unpaired) electrons. The molecule has 136 valence electrons. The zero-order chi connectivity index (χ0) is 18.3. The number of nitrogens with zero attached hydrogens (tertiary/aromatic N) is 2. The van der Waals surface area contributed by atoms with Crippen molar-refractivity contribution >= 4 is 27.0 Å². The van der Waals surface area contributed by atoms with Crippen LogP contribution in [0.25, 0.3) is 11.4 Å². The third-order valence-electron chi connectivity index (χ3n) is 4.63. The number of aromatic nitrogens is 2. The molecular formula is C18H19N3O3S2. The molecule has 3 aromatic rings. The van der Waals surface area contributed by atoms with Crippen molar-refractivity contribution in [1.29, 1.82) is 0 Å². The third kappa shape index (κ3) is 3.26. The number of nitrogens with one attached hydrogen (secondary N) is 1. The Labute approximate surface area is 156 Å². The molecule has 26 heavy (non-hydrogen) atoms. The normalized spacial score (nSPS) is 15.0. The molecule has 1 N–H and O–H groups in total. The maximum Gasteiger partial charge on any atom is 0.271 e. The molecular weight excluding hydrogens is 370 g/mol. The zero-order valence-electron chi connectivity index (χ0n) is 14.5. The highest BCUT2D eigenvalue weighted by Crippen LogP contribution is 2.36. The van der Waals surface area contributed by atoms with Gasteiger partial charge in [0.1, 0.15) is 4.21 Å². The van der Waals surface area contributed by atoms with E-state index in [-0.39, 0.29) is 4.21 Å². The van der Waals surface area contributed by atoms with Gasteiger partial charge in [-0.25, -0.2) is 8.42 Å². The second-order valence-corrected chi connectivity index (χ2v) is 9.48. The van der Waals surface area contributed by atoms with Gasteiger partial charge in [0, 0.05) is 16.9 Å². The van der Waals surface area contributed by atoms with E-state index < -0.39 is 10.0 Å². The fourth-order valence-electron chi connectivity index (χ4n) is 2.79. The molecule has 0 aliphatic heterocycles. The van der Waals surface area contributed by atoms with Crippen LogP contribution >= 0.6 is 11.3 Å². The molecule has 0 atom stereocenters. The lowest BCUT2D eigenvalue weighted by Crippen LogP contribution is -2.12. The summed E-state index contributed by atoms with van der Waals surface area (Å²) in [5, 5.41) is 5.74. The van der Waals surface area contributed by atoms with E-state index in [2.05, 4.69) is 14.9 Å². The number of aryl methyl sites for hydroxylation is 2. The minimum Gasteiger partial charge on any atom is -0.339 e. The number of thiophene rings is 1. The van der Waals surface area contributed by atoms with E-state index in [0.717, 1.165) is 35.3 Å². The van der Waals surface area contributed by atoms with Crippen LogP contribution in [-0.2, 0) is 10.0 Å². The Bertz CT molecular complexity index is 1050. The number of hydrogen-bond donors (Lipinski definition) is 1. The standard InChI is InChI=1S/C18H19N3O3S2/c1-11-6-7-12(2)15(8-11)21-26(22,23)16-9-14(10-25-16)17-19-18(24-20-17)13-4-3-5-13/h6-10,13,21H,3-5H2,1-2H3. The number of hydrogen-bond acceptors (Lipinski definition) is 6. The van der Waals surface area contributed by atoms with Crippen LogP contribution in [-0.4, -0.2) is 18.6 Å². The van der Waals surface area contributed by atoms with Gasteiger partial charge in [0.15, 0.2) is 0 Å². The van der Waals surface area contributed by atoms with E-state index in [1.807, 2.05) is 32.0 Å². The summed E-state index contributed by atoms with van der Waals surface area (Å²) >= 11 is 1.15. The molecule has 6 nitrogen and oxygen atoms in total. The highest BCUT2D eigenvalue weighted by atomic mass is 32.2. The molecule has 1 aliphatic carbocycles. The number of sulfonamides is 1. The third-order valence-corrected chi connectivity index (χ3v) is 7.44. The van der Waals surface area contributed by atoms with Crippen molar-refractivity contribution in [2.75, 3.05) is 4.72 Å². The van der Waals surface area contributed by atoms with Gasteiger partial charge in [-0.1, -0.05) is 23.7 Å². The summed E-state index contributed by atoms with van der Waals surface area (Å²) in [6.07, 6.45) is 3.34. The molecule has 4 rings (SSSR count). The van der Waals surface area contributed by atoms with Crippen molar-refractivity contribution in [3.8, 4) is 11.4 Å². The van der Waals surface area contributed by atoms with Crippen molar-refractivity contribution in [1.82, 2.24) is 10.1 Å². The summed E-state index contributed by atoms with van der Waals surface area (Å²) in [6.45, 7) is 3.80. The second-order valence-electron chi connectivity index (χ2n) is 6.66. The monoisotopic (exact) mass is 389 g/mol. The van der Waals surface area contributed by atoms with Gasteiger partial charge in [-0.3, -0.25) is 4.72 Å². The summed E-state index contributed by atoms with van der Waals surface area (Å²) < 4.78 is 33.6. The lowest BCUT2D eigenvalue weighted by Gasteiger charge is -2.20. The summed E-state index contributed by atoms with van der Waals surface area (Å²) in [6, 6.07) is 7.26. The van der Waals surface area contributed by atoms with Crippen LogP contribution in [0.3, 0.4) is 0 Å². The van der Waals surface area contributed by atoms with Gasteiger partial charge >= 0.3 is 0 Å². The summed E-state index contributed by atoms with van der Waals surface area (Å²) in [5.41, 5.74) is 3.12. The minimum absolute atomic E-state index is 0.225. The summed E-state index contributed by atoms with van der Waals surface area (Å²) in [7, 11) is -3.66. The fourth-order valence-corrected chi connectivity index (χ4v) is 5.07. The Morgan fingerprint density at radius 3 is 2.77 bits per heavy atom. The molecule has 1 fully saturated rings. The number of anilines is 1. The first-order valence-corrected chi connectivity index (χ1v) is 10.8. The van der Waals surface area contributed by atoms with E-state index in [0.29, 0.717) is 28.9 Å². The van der Waals surface area contributed by atoms with Crippen molar-refractivity contribution in [3.05, 3.63) is 46.7 Å². The quantitative estimate of drug-likeness (QED) is 0.695. The maximum absolute atomic E-state index is 12.7. The topological polar surface area (TPSA) is 85.1 Å². The van der Waals surface area contributed by atoms with Crippen LogP contribution in [0, 0.1) is 13.8 Å². The van der Waals surface area contributed by atoms with Crippen molar-refractivity contribution in [3.63, 3.8) is 0 Å². The van der Waals surface area contributed by atoms with Crippen LogP contribution in [0.4, 0.5) is 5.69 Å². The zero-order valence-corrected chi connectivity index (χ0v) is 16.2. The Morgan fingerprint density at radius 2 is 2.04 bits per heavy atom. The molecule has 0 amide bonds. The van der Waals surface area contributed by atoms with Gasteiger partial charge < -0.3 is 4.52 Å². The average molecular weight is 390 g/mol. The predicted molar refractivity (Wildman–Crippen MR) is 101 cm³/mol. The minimum atomic E-state index is -3.66. The Hall–Kier alpha value is -2.19. The van der Waals surface area contributed by atoms with Crippen molar-refractivity contribution in [2.24, 2.45) is 0 Å². The van der Waals surface area contributed by atoms with Crippen LogP contribution in [0.15, 0.2) is 38.4 Å². The largest absolute Gasteiger partial charge is 0.339 e. The van der Waals surface area contributed by atoms with Crippen molar-refractivity contribution < 1.29 is 12.9 Å². The van der Waals surface area contributed by atoms with E-state index in [1.165, 1.54) is 6.42 Å². The fraction of sp³-hybridized carbons (Fsp3) is 0.333. The number of benzene rings is 1. The van der Waals surface area contributed by atoms with Gasteiger partial charge in [0.05, 0.1) is 5.69 Å². The SMILES string of the molecule is Cc1ccc(C)c(NS(=O)(=O)c2cc(-c3noc(C4CCC4)n3)cs2)c1. The molecule has 2 aromatic heterocycles. The number of rotatable bonds is 5. The van der Waals surface area contributed by atoms with E-state index in [4.69, 9.17) is 4.52 Å². The molecule has 1 aromatic carbocycles. The van der Waals surface area contributed by atoms with Gasteiger partial charge in [-0.05, 0) is 49.9 Å². The van der Waals surface area contributed by atoms with Gasteiger partial charge in [-0.2, -0.15) is 4.98 Å². The molecule has 0 saturated heterocycles. The maximum atomic E-state index is 12.7. The predicted octanol–water partition coefficient (Wildman–Crippen LogP) is 4.48. The first-order valence-electron chi connectivity index (χ1n) is 8.45. The lowest BCUT2D eigenvalue weighted by molar-refractivity contribution is 0.292. The molecule has 1 aliphatic rings. The molecule has 0 unspecified atom stereocenters. The Morgan fingerprint density at radius 1 is 1.23 bits per heavy atom. The highest BCUT2D eigenvalue weighted by molar-refractivity contribution is 7.94. The van der Waals surface area contributed by atoms with Gasteiger partial charge in [0.2, 0.25) is 11.7 Å². The first-order chi connectivity index (χ1) is 12.4. The Kier molecular flexibility index (Phi) is 4.32. The van der Waals surface area contributed by atoms with E-state index in [9.17, 15) is 8.42 Å². The molecule has 1 saturated carbocycles. The van der Waals surface area contributed by atoms with Gasteiger partial charge in [-0.15, -0.1) is 11.3 Å². The highest BCUT2D eigenvalue weighted by Gasteiger charge is 2.26. The molecule has 0 spiro atoms. The van der Waals surface area contributed by atoms with Crippen LogP contribution in [0.2, 0.25) is 0 Å². The van der Waals surface area contributed by atoms with Crippen LogP contribution in [0.5, 0.6) is 0 Å². The van der Waals surface area contributed by atoms with Crippen LogP contribution in [0.1, 0.15) is 42.2 Å². The smallest absolute Gasteiger partial charge is 0.271 e. The van der Waals surface area contributed by atoms with Crippen molar-refractivity contribution in [2.45, 2.75) is 43.2 Å². The van der Waals surface area contributed by atoms with Gasteiger partial charge in [0.25, 0.3) is 10.0 Å². The molecule has 2 heterocycles. The average Bonchev–Trinajstić information content (AvgIpc) is 3.18. The molecule has 8 heteroatoms. The second kappa shape index (κ2) is 6.51. The lowest BCUT2D eigenvalue weighted by atomic mass is 9.85. The summed E-state index contributed by atoms with van der Waals surface area (Å²) in [4.78, 5) is 4.42. The van der Waals surface area contributed by atoms with E-state index >= 15 is 0 Å².